The fraction of sp³-hybridized carbons (Fsp3) is 0.231. The van der Waals surface area contributed by atoms with E-state index in [-0.39, 0.29) is 0 Å². The van der Waals surface area contributed by atoms with Crippen LogP contribution in [-0.2, 0) is 9.53 Å². The molecule has 0 saturated heterocycles. The quantitative estimate of drug-likeness (QED) is 0.664. The summed E-state index contributed by atoms with van der Waals surface area (Å²) >= 11 is 4.98. The van der Waals surface area contributed by atoms with E-state index < -0.39 is 34.7 Å². The van der Waals surface area contributed by atoms with Gasteiger partial charge in [0.15, 0.2) is 0 Å². The molecule has 0 aromatic heterocycles. The summed E-state index contributed by atoms with van der Waals surface area (Å²) in [6.07, 6.45) is 0. The van der Waals surface area contributed by atoms with Gasteiger partial charge in [0.1, 0.15) is 5.70 Å². The maximum atomic E-state index is 13.5. The van der Waals surface area contributed by atoms with Crippen LogP contribution in [0, 0.1) is 0 Å². The number of urea groups is 1. The molecule has 0 aliphatic carbocycles. The highest BCUT2D eigenvalue weighted by atomic mass is 35.5. The van der Waals surface area contributed by atoms with Crippen molar-refractivity contribution in [3.8, 4) is 0 Å². The van der Waals surface area contributed by atoms with Crippen LogP contribution < -0.4 is 10.6 Å². The molecule has 0 radical (unpaired) electrons. The molecule has 5 nitrogen and oxygen atoms in total. The average molecular weight is 317 g/mol. The molecule has 1 heterocycles. The SMILES string of the molecule is COC(=O)C1=C(C(F)(F)Cl)NC(=O)N[C@@H]1c1ccccc1. The third-order valence-electron chi connectivity index (χ3n) is 2.89. The van der Waals surface area contributed by atoms with Crippen molar-refractivity contribution in [1.29, 1.82) is 0 Å². The highest BCUT2D eigenvalue weighted by Gasteiger charge is 2.44. The van der Waals surface area contributed by atoms with Crippen LogP contribution in [0.15, 0.2) is 41.6 Å². The van der Waals surface area contributed by atoms with Gasteiger partial charge in [0.2, 0.25) is 0 Å². The Morgan fingerprint density at radius 1 is 1.33 bits per heavy atom. The number of rotatable bonds is 3. The molecule has 1 atom stereocenters. The molecule has 0 unspecified atom stereocenters. The molecule has 0 spiro atoms. The van der Waals surface area contributed by atoms with Crippen LogP contribution in [0.25, 0.3) is 0 Å². The van der Waals surface area contributed by atoms with Gasteiger partial charge in [-0.2, -0.15) is 8.78 Å². The van der Waals surface area contributed by atoms with E-state index in [0.717, 1.165) is 7.11 Å². The monoisotopic (exact) mass is 316 g/mol. The van der Waals surface area contributed by atoms with Crippen molar-refractivity contribution in [2.75, 3.05) is 7.11 Å². The Hall–Kier alpha value is -2.15. The number of allylic oxidation sites excluding steroid dienone is 1. The summed E-state index contributed by atoms with van der Waals surface area (Å²) in [6.45, 7) is 0. The van der Waals surface area contributed by atoms with E-state index >= 15 is 0 Å². The van der Waals surface area contributed by atoms with E-state index in [1.807, 2.05) is 5.32 Å². The summed E-state index contributed by atoms with van der Waals surface area (Å²) in [5, 5.41) is 0.359. The van der Waals surface area contributed by atoms with Crippen molar-refractivity contribution in [1.82, 2.24) is 10.6 Å². The number of carbonyl (C=O) groups excluding carboxylic acids is 2. The van der Waals surface area contributed by atoms with Gasteiger partial charge < -0.3 is 15.4 Å². The smallest absolute Gasteiger partial charge is 0.363 e. The predicted molar refractivity (Wildman–Crippen MR) is 70.7 cm³/mol. The molecule has 2 rings (SSSR count). The lowest BCUT2D eigenvalue weighted by atomic mass is 9.95. The van der Waals surface area contributed by atoms with Gasteiger partial charge in [0.25, 0.3) is 0 Å². The van der Waals surface area contributed by atoms with E-state index in [0.29, 0.717) is 5.56 Å². The Kier molecular flexibility index (Phi) is 4.13. The summed E-state index contributed by atoms with van der Waals surface area (Å²) in [5.41, 5.74) is -0.969. The van der Waals surface area contributed by atoms with Crippen molar-refractivity contribution in [3.63, 3.8) is 0 Å². The Morgan fingerprint density at radius 3 is 2.48 bits per heavy atom. The maximum Gasteiger partial charge on any atom is 0.363 e. The van der Waals surface area contributed by atoms with E-state index in [2.05, 4.69) is 10.1 Å². The van der Waals surface area contributed by atoms with E-state index in [1.165, 1.54) is 0 Å². The molecule has 1 aliphatic heterocycles. The first kappa shape index (κ1) is 15.2. The number of carbonyl (C=O) groups is 2. The largest absolute Gasteiger partial charge is 0.466 e. The van der Waals surface area contributed by atoms with Gasteiger partial charge >= 0.3 is 17.4 Å². The first-order valence-corrected chi connectivity index (χ1v) is 6.24. The molecule has 21 heavy (non-hydrogen) atoms. The molecule has 1 aromatic carbocycles. The minimum Gasteiger partial charge on any atom is -0.466 e. The molecule has 2 amide bonds. The Bertz CT molecular complexity index is 599. The third-order valence-corrected chi connectivity index (χ3v) is 3.08. The highest BCUT2D eigenvalue weighted by Crippen LogP contribution is 2.36. The van der Waals surface area contributed by atoms with Gasteiger partial charge in [-0.25, -0.2) is 9.59 Å². The molecule has 0 fully saturated rings. The molecule has 8 heteroatoms. The number of methoxy groups -OCH3 is 1. The summed E-state index contributed by atoms with van der Waals surface area (Å²) in [5.74, 6) is -1.01. The van der Waals surface area contributed by atoms with Crippen LogP contribution in [0.5, 0.6) is 0 Å². The number of hydrogen-bond acceptors (Lipinski definition) is 3. The second kappa shape index (κ2) is 5.69. The number of halogens is 3. The number of nitrogens with one attached hydrogen (secondary N) is 2. The highest BCUT2D eigenvalue weighted by molar-refractivity contribution is 6.24. The average Bonchev–Trinajstić information content (AvgIpc) is 2.45. The topological polar surface area (TPSA) is 67.4 Å². The summed E-state index contributed by atoms with van der Waals surface area (Å²) in [7, 11) is 1.05. The Morgan fingerprint density at radius 2 is 1.95 bits per heavy atom. The van der Waals surface area contributed by atoms with Crippen LogP contribution in [0.3, 0.4) is 0 Å². The van der Waals surface area contributed by atoms with E-state index in [4.69, 9.17) is 11.6 Å². The van der Waals surface area contributed by atoms with Crippen molar-refractivity contribution >= 4 is 23.6 Å². The number of hydrogen-bond donors (Lipinski definition) is 2. The van der Waals surface area contributed by atoms with Crippen molar-refractivity contribution in [3.05, 3.63) is 47.2 Å². The van der Waals surface area contributed by atoms with Gasteiger partial charge in [-0.3, -0.25) is 0 Å². The zero-order valence-corrected chi connectivity index (χ0v) is 11.6. The predicted octanol–water partition coefficient (Wildman–Crippen LogP) is 2.30. The molecule has 112 valence electrons. The zero-order chi connectivity index (χ0) is 15.6. The van der Waals surface area contributed by atoms with Gasteiger partial charge in [0, 0.05) is 0 Å². The van der Waals surface area contributed by atoms with Crippen molar-refractivity contribution in [2.45, 2.75) is 11.4 Å². The fourth-order valence-electron chi connectivity index (χ4n) is 2.01. The fourth-order valence-corrected chi connectivity index (χ4v) is 2.16. The van der Waals surface area contributed by atoms with Crippen LogP contribution in [0.2, 0.25) is 0 Å². The summed E-state index contributed by atoms with van der Waals surface area (Å²) in [4.78, 5) is 23.4. The normalized spacial score (nSPS) is 18.9. The van der Waals surface area contributed by atoms with Crippen LogP contribution in [-0.4, -0.2) is 24.5 Å². The molecule has 1 aliphatic rings. The van der Waals surface area contributed by atoms with Crippen LogP contribution in [0.4, 0.5) is 13.6 Å². The maximum absolute atomic E-state index is 13.5. The standard InChI is InChI=1S/C13H11ClF2N2O3/c1-21-11(19)8-9(7-5-3-2-4-6-7)17-12(20)18-10(8)13(14,15)16/h2-6,9H,1H3,(H2,17,18,20)/t9-/m1/s1. The molecular formula is C13H11ClF2N2O3. The lowest BCUT2D eigenvalue weighted by Gasteiger charge is -2.30. The zero-order valence-electron chi connectivity index (χ0n) is 10.8. The van der Waals surface area contributed by atoms with Gasteiger partial charge in [0.05, 0.1) is 18.7 Å². The first-order valence-electron chi connectivity index (χ1n) is 5.86. The van der Waals surface area contributed by atoms with Gasteiger partial charge in [-0.15, -0.1) is 0 Å². The number of esters is 1. The van der Waals surface area contributed by atoms with E-state index in [1.54, 1.807) is 30.3 Å². The molecule has 1 aromatic rings. The lowest BCUT2D eigenvalue weighted by molar-refractivity contribution is -0.136. The summed E-state index contributed by atoms with van der Waals surface area (Å²) < 4.78 is 31.5. The second-order valence-corrected chi connectivity index (χ2v) is 4.69. The molecule has 0 saturated carbocycles. The van der Waals surface area contributed by atoms with Gasteiger partial charge in [-0.1, -0.05) is 30.3 Å². The lowest BCUT2D eigenvalue weighted by Crippen LogP contribution is -2.49. The number of ether oxygens (including phenoxy) is 1. The number of amides is 2. The number of alkyl halides is 3. The molecule has 0 bridgehead atoms. The van der Waals surface area contributed by atoms with Crippen LogP contribution >= 0.6 is 11.6 Å². The van der Waals surface area contributed by atoms with Crippen molar-refractivity contribution < 1.29 is 23.1 Å². The van der Waals surface area contributed by atoms with Crippen molar-refractivity contribution in [2.24, 2.45) is 0 Å². The first-order chi connectivity index (χ1) is 9.84. The summed E-state index contributed by atoms with van der Waals surface area (Å²) in [6, 6.07) is 6.23. The third kappa shape index (κ3) is 3.13. The Balaban J connectivity index is 2.61. The minimum atomic E-state index is -3.91. The number of benzene rings is 1. The second-order valence-electron chi connectivity index (χ2n) is 4.22. The molecular weight excluding hydrogens is 306 g/mol. The van der Waals surface area contributed by atoms with Gasteiger partial charge in [-0.05, 0) is 17.2 Å². The van der Waals surface area contributed by atoms with E-state index in [9.17, 15) is 18.4 Å². The Labute approximate surface area is 123 Å². The molecule has 2 N–H and O–H groups in total. The van der Waals surface area contributed by atoms with Crippen LogP contribution in [0.1, 0.15) is 11.6 Å². The minimum absolute atomic E-state index is 0.441.